The van der Waals surface area contributed by atoms with Crippen LogP contribution >= 0.6 is 0 Å². The minimum Gasteiger partial charge on any atom is -0.357 e. The predicted octanol–water partition coefficient (Wildman–Crippen LogP) is 1.51. The number of pyridine rings is 1. The summed E-state index contributed by atoms with van der Waals surface area (Å²) in [7, 11) is 1.96. The van der Waals surface area contributed by atoms with Crippen molar-refractivity contribution in [2.45, 2.75) is 31.7 Å². The summed E-state index contributed by atoms with van der Waals surface area (Å²) in [6, 6.07) is 4.32. The Labute approximate surface area is 126 Å². The molecule has 1 amide bonds. The lowest BCUT2D eigenvalue weighted by Crippen LogP contribution is -2.47. The minimum absolute atomic E-state index is 0.107. The van der Waals surface area contributed by atoms with Crippen molar-refractivity contribution in [1.29, 1.82) is 0 Å². The molecule has 1 atom stereocenters. The monoisotopic (exact) mass is 288 g/mol. The van der Waals surface area contributed by atoms with Gasteiger partial charge in [0.05, 0.1) is 5.56 Å². The minimum atomic E-state index is 0.107. The molecule has 2 aliphatic rings. The van der Waals surface area contributed by atoms with Gasteiger partial charge < -0.3 is 15.1 Å². The number of likely N-dealkylation sites (tertiary alicyclic amines) is 1. The first kappa shape index (κ1) is 14.3. The second-order valence-corrected chi connectivity index (χ2v) is 5.98. The van der Waals surface area contributed by atoms with Crippen LogP contribution in [-0.4, -0.2) is 55.1 Å². The largest absolute Gasteiger partial charge is 0.357 e. The summed E-state index contributed by atoms with van der Waals surface area (Å²) < 4.78 is 0. The number of nitrogens with zero attached hydrogens (tertiary/aromatic N) is 3. The lowest BCUT2D eigenvalue weighted by Gasteiger charge is -2.32. The van der Waals surface area contributed by atoms with Crippen LogP contribution in [0.1, 0.15) is 36.0 Å². The average Bonchev–Trinajstić information content (AvgIpc) is 3.09. The van der Waals surface area contributed by atoms with E-state index in [-0.39, 0.29) is 5.91 Å². The molecule has 0 aromatic carbocycles. The maximum atomic E-state index is 12.5. The molecule has 0 bridgehead atoms. The zero-order valence-corrected chi connectivity index (χ0v) is 12.7. The molecule has 1 N–H and O–H groups in total. The van der Waals surface area contributed by atoms with Crippen LogP contribution in [0.5, 0.6) is 0 Å². The molecule has 1 aromatic heterocycles. The number of piperidine rings is 1. The van der Waals surface area contributed by atoms with Crippen LogP contribution < -0.4 is 10.2 Å². The van der Waals surface area contributed by atoms with Crippen LogP contribution in [0.25, 0.3) is 0 Å². The van der Waals surface area contributed by atoms with E-state index in [9.17, 15) is 4.79 Å². The summed E-state index contributed by atoms with van der Waals surface area (Å²) in [5.41, 5.74) is 0.703. The third-order valence-electron chi connectivity index (χ3n) is 4.54. The van der Waals surface area contributed by atoms with Crippen molar-refractivity contribution in [3.63, 3.8) is 0 Å². The summed E-state index contributed by atoms with van der Waals surface area (Å²) in [5, 5.41) is 3.27. The molecule has 2 saturated heterocycles. The Hall–Kier alpha value is -1.62. The first-order valence-electron chi connectivity index (χ1n) is 7.95. The van der Waals surface area contributed by atoms with E-state index in [1.165, 1.54) is 12.8 Å². The fraction of sp³-hybridized carbons (Fsp3) is 0.625. The number of hydrogen-bond acceptors (Lipinski definition) is 4. The van der Waals surface area contributed by atoms with E-state index in [0.717, 1.165) is 44.8 Å². The van der Waals surface area contributed by atoms with Crippen molar-refractivity contribution in [2.75, 3.05) is 38.1 Å². The molecule has 114 valence electrons. The van der Waals surface area contributed by atoms with Crippen LogP contribution in [0, 0.1) is 0 Å². The summed E-state index contributed by atoms with van der Waals surface area (Å²) in [4.78, 5) is 21.2. The van der Waals surface area contributed by atoms with Crippen molar-refractivity contribution in [3.05, 3.63) is 23.9 Å². The Morgan fingerprint density at radius 2 is 2.05 bits per heavy atom. The van der Waals surface area contributed by atoms with Crippen molar-refractivity contribution in [3.8, 4) is 0 Å². The molecule has 0 saturated carbocycles. The van der Waals surface area contributed by atoms with Crippen LogP contribution in [-0.2, 0) is 0 Å². The van der Waals surface area contributed by atoms with Gasteiger partial charge in [0.15, 0.2) is 0 Å². The smallest absolute Gasteiger partial charge is 0.255 e. The molecule has 0 spiro atoms. The quantitative estimate of drug-likeness (QED) is 0.916. The second-order valence-electron chi connectivity index (χ2n) is 5.98. The van der Waals surface area contributed by atoms with Gasteiger partial charge in [0.2, 0.25) is 0 Å². The third kappa shape index (κ3) is 3.18. The molecule has 0 radical (unpaired) electrons. The summed E-state index contributed by atoms with van der Waals surface area (Å²) in [5.74, 6) is 1.10. The van der Waals surface area contributed by atoms with E-state index in [2.05, 4.69) is 15.2 Å². The highest BCUT2D eigenvalue weighted by molar-refractivity contribution is 5.94. The number of nitrogens with one attached hydrogen (secondary N) is 1. The molecule has 1 unspecified atom stereocenters. The van der Waals surface area contributed by atoms with E-state index >= 15 is 0 Å². The van der Waals surface area contributed by atoms with Gasteiger partial charge in [0, 0.05) is 38.4 Å². The fourth-order valence-electron chi connectivity index (χ4n) is 3.23. The maximum absolute atomic E-state index is 12.5. The van der Waals surface area contributed by atoms with Crippen LogP contribution in [0.3, 0.4) is 0 Å². The molecular weight excluding hydrogens is 264 g/mol. The highest BCUT2D eigenvalue weighted by Gasteiger charge is 2.24. The Kier molecular flexibility index (Phi) is 4.39. The van der Waals surface area contributed by atoms with Gasteiger partial charge in [-0.15, -0.1) is 0 Å². The van der Waals surface area contributed by atoms with Gasteiger partial charge >= 0.3 is 0 Å². The van der Waals surface area contributed by atoms with Gasteiger partial charge in [-0.05, 0) is 44.9 Å². The maximum Gasteiger partial charge on any atom is 0.255 e. The number of carbonyl (C=O) groups is 1. The van der Waals surface area contributed by atoms with Crippen molar-refractivity contribution in [1.82, 2.24) is 15.2 Å². The van der Waals surface area contributed by atoms with Crippen LogP contribution in [0.4, 0.5) is 5.82 Å². The van der Waals surface area contributed by atoms with Crippen LogP contribution in [0.15, 0.2) is 18.3 Å². The first-order valence-corrected chi connectivity index (χ1v) is 7.95. The van der Waals surface area contributed by atoms with Gasteiger partial charge in [-0.1, -0.05) is 0 Å². The molecule has 2 fully saturated rings. The van der Waals surface area contributed by atoms with Crippen LogP contribution in [0.2, 0.25) is 0 Å². The number of amides is 1. The van der Waals surface area contributed by atoms with Gasteiger partial charge in [0.1, 0.15) is 5.82 Å². The predicted molar refractivity (Wildman–Crippen MR) is 83.7 cm³/mol. The molecule has 5 heteroatoms. The van der Waals surface area contributed by atoms with Crippen molar-refractivity contribution >= 4 is 11.7 Å². The zero-order chi connectivity index (χ0) is 14.7. The lowest BCUT2D eigenvalue weighted by molar-refractivity contribution is 0.0698. The number of rotatable bonds is 3. The Morgan fingerprint density at radius 1 is 1.24 bits per heavy atom. The van der Waals surface area contributed by atoms with Crippen molar-refractivity contribution < 1.29 is 4.79 Å². The Balaban J connectivity index is 1.66. The topological polar surface area (TPSA) is 48.5 Å². The molecule has 5 nitrogen and oxygen atoms in total. The SMILES string of the molecule is CNC1CCCN(C(=O)c2ccc(N3CCCC3)nc2)C1. The number of hydrogen-bond donors (Lipinski definition) is 1. The summed E-state index contributed by atoms with van der Waals surface area (Å²) in [6.07, 6.45) is 6.42. The highest BCUT2D eigenvalue weighted by Crippen LogP contribution is 2.19. The summed E-state index contributed by atoms with van der Waals surface area (Å²) in [6.45, 7) is 3.81. The standard InChI is InChI=1S/C16H24N4O/c1-17-14-5-4-10-20(12-14)16(21)13-6-7-15(18-11-13)19-8-2-3-9-19/h6-7,11,14,17H,2-5,8-10,12H2,1H3. The highest BCUT2D eigenvalue weighted by atomic mass is 16.2. The van der Waals surface area contributed by atoms with E-state index in [1.807, 2.05) is 24.1 Å². The first-order chi connectivity index (χ1) is 10.3. The Bertz CT molecular complexity index is 482. The van der Waals surface area contributed by atoms with Crippen molar-refractivity contribution in [2.24, 2.45) is 0 Å². The number of likely N-dealkylation sites (N-methyl/N-ethyl adjacent to an activating group) is 1. The molecule has 2 aliphatic heterocycles. The number of anilines is 1. The molecule has 3 rings (SSSR count). The molecule has 0 aliphatic carbocycles. The number of carbonyl (C=O) groups excluding carboxylic acids is 1. The number of aromatic nitrogens is 1. The fourth-order valence-corrected chi connectivity index (χ4v) is 3.23. The van der Waals surface area contributed by atoms with Gasteiger partial charge in [-0.25, -0.2) is 4.98 Å². The molecule has 1 aromatic rings. The second kappa shape index (κ2) is 6.43. The van der Waals surface area contributed by atoms with E-state index in [4.69, 9.17) is 0 Å². The van der Waals surface area contributed by atoms with E-state index in [0.29, 0.717) is 11.6 Å². The van der Waals surface area contributed by atoms with E-state index in [1.54, 1.807) is 6.20 Å². The van der Waals surface area contributed by atoms with Gasteiger partial charge in [0.25, 0.3) is 5.91 Å². The third-order valence-corrected chi connectivity index (χ3v) is 4.54. The molecule has 21 heavy (non-hydrogen) atoms. The average molecular weight is 288 g/mol. The molecular formula is C16H24N4O. The van der Waals surface area contributed by atoms with Gasteiger partial charge in [-0.2, -0.15) is 0 Å². The lowest BCUT2D eigenvalue weighted by atomic mass is 10.1. The van der Waals surface area contributed by atoms with Gasteiger partial charge in [-0.3, -0.25) is 4.79 Å². The normalized spacial score (nSPS) is 22.6. The zero-order valence-electron chi connectivity index (χ0n) is 12.7. The Morgan fingerprint density at radius 3 is 2.71 bits per heavy atom. The van der Waals surface area contributed by atoms with E-state index < -0.39 is 0 Å². The molecule has 3 heterocycles. The summed E-state index contributed by atoms with van der Waals surface area (Å²) >= 11 is 0.